The van der Waals surface area contributed by atoms with Crippen LogP contribution in [0.3, 0.4) is 0 Å². The summed E-state index contributed by atoms with van der Waals surface area (Å²) in [5, 5.41) is 2.89. The Morgan fingerprint density at radius 2 is 1.94 bits per heavy atom. The van der Waals surface area contributed by atoms with E-state index in [9.17, 15) is 13.6 Å². The number of carbonyl (C=O) groups excluding carboxylic acids is 1. The Bertz CT molecular complexity index is 276. The maximum Gasteiger partial charge on any atom is 0.245 e. The average Bonchev–Trinajstić information content (AvgIpc) is 2.25. The Hall–Kier alpha value is -0.550. The molecule has 100 valence electrons. The van der Waals surface area contributed by atoms with Crippen molar-refractivity contribution in [2.75, 3.05) is 7.11 Å². The van der Waals surface area contributed by atoms with Gasteiger partial charge >= 0.3 is 0 Å². The maximum absolute atomic E-state index is 12.7. The number of ketones is 1. The molecule has 0 spiro atoms. The van der Waals surface area contributed by atoms with E-state index >= 15 is 0 Å². The number of piperidine rings is 1. The highest BCUT2D eigenvalue weighted by Gasteiger charge is 2.40. The molecule has 1 rings (SSSR count). The molecule has 1 aliphatic heterocycles. The molecule has 5 heteroatoms. The van der Waals surface area contributed by atoms with Gasteiger partial charge in [0.2, 0.25) is 6.43 Å². The smallest absolute Gasteiger partial charge is 0.245 e. The standard InChI is InChI=1S/C12H21F2NO2/c1-12(2,3)9(16)8-6-5-7(10(13)14)11(15-8)17-4/h7-8,10-11,15H,5-6H2,1-4H3. The van der Waals surface area contributed by atoms with Gasteiger partial charge in [-0.1, -0.05) is 20.8 Å². The Morgan fingerprint density at radius 3 is 2.35 bits per heavy atom. The van der Waals surface area contributed by atoms with Crippen LogP contribution in [0.1, 0.15) is 33.6 Å². The third-order valence-electron chi connectivity index (χ3n) is 3.18. The van der Waals surface area contributed by atoms with Crippen molar-refractivity contribution < 1.29 is 18.3 Å². The summed E-state index contributed by atoms with van der Waals surface area (Å²) in [6.07, 6.45) is -2.39. The van der Waals surface area contributed by atoms with Gasteiger partial charge < -0.3 is 4.74 Å². The van der Waals surface area contributed by atoms with Gasteiger partial charge in [-0.05, 0) is 12.8 Å². The van der Waals surface area contributed by atoms with Crippen LogP contribution in [0, 0.1) is 11.3 Å². The van der Waals surface area contributed by atoms with Gasteiger partial charge in [-0.2, -0.15) is 0 Å². The molecule has 3 atom stereocenters. The van der Waals surface area contributed by atoms with Gasteiger partial charge in [0, 0.05) is 12.5 Å². The van der Waals surface area contributed by atoms with Gasteiger partial charge in [0.05, 0.1) is 12.0 Å². The fourth-order valence-corrected chi connectivity index (χ4v) is 2.15. The summed E-state index contributed by atoms with van der Waals surface area (Å²) in [4.78, 5) is 12.1. The van der Waals surface area contributed by atoms with Crippen molar-refractivity contribution in [1.29, 1.82) is 0 Å². The zero-order valence-electron chi connectivity index (χ0n) is 10.8. The van der Waals surface area contributed by atoms with Crippen molar-refractivity contribution in [1.82, 2.24) is 5.32 Å². The van der Waals surface area contributed by atoms with Gasteiger partial charge in [0.15, 0.2) is 5.78 Å². The van der Waals surface area contributed by atoms with E-state index in [2.05, 4.69) is 5.32 Å². The van der Waals surface area contributed by atoms with Gasteiger partial charge in [-0.25, -0.2) is 8.78 Å². The molecule has 3 nitrogen and oxygen atoms in total. The Labute approximate surface area is 101 Å². The molecular weight excluding hydrogens is 228 g/mol. The van der Waals surface area contributed by atoms with Crippen LogP contribution in [0.25, 0.3) is 0 Å². The van der Waals surface area contributed by atoms with Crippen LogP contribution < -0.4 is 5.32 Å². The highest BCUT2D eigenvalue weighted by Crippen LogP contribution is 2.29. The molecule has 0 radical (unpaired) electrons. The molecule has 1 fully saturated rings. The first-order chi connectivity index (χ1) is 7.77. The topological polar surface area (TPSA) is 38.3 Å². The third-order valence-corrected chi connectivity index (χ3v) is 3.18. The Balaban J connectivity index is 2.69. The highest BCUT2D eigenvalue weighted by molar-refractivity contribution is 5.88. The number of Topliss-reactive ketones (excluding diaryl/α,β-unsaturated/α-hetero) is 1. The van der Waals surface area contributed by atoms with Crippen LogP contribution in [0.15, 0.2) is 0 Å². The molecule has 0 saturated carbocycles. The SMILES string of the molecule is COC1NC(C(=O)C(C)(C)C)CCC1C(F)F. The summed E-state index contributed by atoms with van der Waals surface area (Å²) < 4.78 is 30.4. The van der Waals surface area contributed by atoms with Gasteiger partial charge in [-0.3, -0.25) is 10.1 Å². The van der Waals surface area contributed by atoms with Crippen LogP contribution in [-0.4, -0.2) is 31.6 Å². The fraction of sp³-hybridized carbons (Fsp3) is 0.917. The van der Waals surface area contributed by atoms with Crippen molar-refractivity contribution in [3.8, 4) is 0 Å². The first kappa shape index (κ1) is 14.5. The maximum atomic E-state index is 12.7. The van der Waals surface area contributed by atoms with Crippen LogP contribution in [0.4, 0.5) is 8.78 Å². The Morgan fingerprint density at radius 1 is 1.35 bits per heavy atom. The summed E-state index contributed by atoms with van der Waals surface area (Å²) in [6.45, 7) is 5.49. The minimum Gasteiger partial charge on any atom is -0.366 e. The van der Waals surface area contributed by atoms with Crippen LogP contribution >= 0.6 is 0 Å². The fourth-order valence-electron chi connectivity index (χ4n) is 2.15. The largest absolute Gasteiger partial charge is 0.366 e. The summed E-state index contributed by atoms with van der Waals surface area (Å²) in [5.74, 6) is -0.781. The van der Waals surface area contributed by atoms with Crippen molar-refractivity contribution in [2.45, 2.75) is 52.3 Å². The molecule has 0 aromatic rings. The van der Waals surface area contributed by atoms with Gasteiger partial charge in [0.1, 0.15) is 6.23 Å². The lowest BCUT2D eigenvalue weighted by Crippen LogP contribution is -2.55. The number of methoxy groups -OCH3 is 1. The molecule has 3 unspecified atom stereocenters. The number of alkyl halides is 2. The van der Waals surface area contributed by atoms with Gasteiger partial charge in [0.25, 0.3) is 0 Å². The molecule has 1 aliphatic rings. The molecule has 1 heterocycles. The van der Waals surface area contributed by atoms with Crippen molar-refractivity contribution in [3.63, 3.8) is 0 Å². The molecule has 0 bridgehead atoms. The minimum atomic E-state index is -2.42. The van der Waals surface area contributed by atoms with E-state index in [0.717, 1.165) is 0 Å². The number of ether oxygens (including phenoxy) is 1. The predicted octanol–water partition coefficient (Wildman–Crippen LogP) is 2.21. The van der Waals surface area contributed by atoms with Crippen LogP contribution in [0.5, 0.6) is 0 Å². The lowest BCUT2D eigenvalue weighted by atomic mass is 9.81. The zero-order valence-corrected chi connectivity index (χ0v) is 10.8. The molecule has 0 aliphatic carbocycles. The summed E-state index contributed by atoms with van der Waals surface area (Å²) in [7, 11) is 1.39. The lowest BCUT2D eigenvalue weighted by molar-refractivity contribution is -0.134. The van der Waals surface area contributed by atoms with E-state index in [1.54, 1.807) is 0 Å². The number of hydrogen-bond acceptors (Lipinski definition) is 3. The highest BCUT2D eigenvalue weighted by atomic mass is 19.3. The zero-order chi connectivity index (χ0) is 13.2. The van der Waals surface area contributed by atoms with Crippen molar-refractivity contribution in [3.05, 3.63) is 0 Å². The second-order valence-electron chi connectivity index (χ2n) is 5.57. The van der Waals surface area contributed by atoms with Crippen molar-refractivity contribution in [2.24, 2.45) is 11.3 Å². The number of nitrogens with one attached hydrogen (secondary N) is 1. The van der Waals surface area contributed by atoms with E-state index in [1.807, 2.05) is 20.8 Å². The van der Waals surface area contributed by atoms with E-state index in [0.29, 0.717) is 12.8 Å². The van der Waals surface area contributed by atoms with E-state index in [-0.39, 0.29) is 11.8 Å². The molecule has 0 aromatic heterocycles. The molecule has 0 aromatic carbocycles. The van der Waals surface area contributed by atoms with Crippen LogP contribution in [0.2, 0.25) is 0 Å². The van der Waals surface area contributed by atoms with E-state index < -0.39 is 24.0 Å². The molecule has 1 N–H and O–H groups in total. The van der Waals surface area contributed by atoms with E-state index in [1.165, 1.54) is 7.11 Å². The lowest BCUT2D eigenvalue weighted by Gasteiger charge is -2.37. The van der Waals surface area contributed by atoms with Crippen molar-refractivity contribution >= 4 is 5.78 Å². The number of halogens is 2. The number of carbonyl (C=O) groups is 1. The number of rotatable bonds is 3. The molecule has 1 saturated heterocycles. The molecule has 17 heavy (non-hydrogen) atoms. The number of hydrogen-bond donors (Lipinski definition) is 1. The monoisotopic (exact) mass is 249 g/mol. The minimum absolute atomic E-state index is 0.0484. The second-order valence-corrected chi connectivity index (χ2v) is 5.57. The third kappa shape index (κ3) is 3.45. The second kappa shape index (κ2) is 5.40. The van der Waals surface area contributed by atoms with Gasteiger partial charge in [-0.15, -0.1) is 0 Å². The predicted molar refractivity (Wildman–Crippen MR) is 60.9 cm³/mol. The summed E-state index contributed by atoms with van der Waals surface area (Å²) >= 11 is 0. The quantitative estimate of drug-likeness (QED) is 0.833. The van der Waals surface area contributed by atoms with E-state index in [4.69, 9.17) is 4.74 Å². The summed E-state index contributed by atoms with van der Waals surface area (Å²) in [6, 6.07) is -0.380. The molecular formula is C12H21F2NO2. The first-order valence-electron chi connectivity index (χ1n) is 5.88. The first-order valence-corrected chi connectivity index (χ1v) is 5.88. The summed E-state index contributed by atoms with van der Waals surface area (Å²) in [5.41, 5.74) is -0.465. The van der Waals surface area contributed by atoms with Crippen LogP contribution in [-0.2, 0) is 9.53 Å². The Kier molecular flexibility index (Phi) is 4.61. The normalized spacial score (nSPS) is 30.6. The average molecular weight is 249 g/mol. The molecule has 0 amide bonds.